The van der Waals surface area contributed by atoms with Crippen molar-refractivity contribution in [2.45, 2.75) is 46.1 Å². The highest BCUT2D eigenvalue weighted by Gasteiger charge is 2.38. The lowest BCUT2D eigenvalue weighted by molar-refractivity contribution is 0.134. The Balaban J connectivity index is 1.92. The van der Waals surface area contributed by atoms with E-state index >= 15 is 0 Å². The van der Waals surface area contributed by atoms with Crippen LogP contribution in [0.4, 0.5) is 5.69 Å². The number of anilines is 1. The average molecular weight is 341 g/mol. The van der Waals surface area contributed by atoms with Crippen LogP contribution in [0.2, 0.25) is 0 Å². The predicted octanol–water partition coefficient (Wildman–Crippen LogP) is 4.84. The molecule has 0 aromatic heterocycles. The molecular weight excluding hydrogens is 318 g/mol. The third-order valence-electron chi connectivity index (χ3n) is 5.03. The van der Waals surface area contributed by atoms with Gasteiger partial charge in [-0.3, -0.25) is 0 Å². The minimum Gasteiger partial charge on any atom is -0.507 e. The molecular formula is C20H23NO2S. The normalized spacial score (nSPS) is 19.3. The third-order valence-corrected chi connectivity index (χ3v) is 5.57. The van der Waals surface area contributed by atoms with Gasteiger partial charge in [-0.05, 0) is 69.4 Å². The van der Waals surface area contributed by atoms with E-state index in [2.05, 4.69) is 5.32 Å². The molecule has 4 heteroatoms. The second kappa shape index (κ2) is 6.10. The molecule has 1 unspecified atom stereocenters. The van der Waals surface area contributed by atoms with E-state index in [1.54, 1.807) is 0 Å². The number of ether oxygens (including phenoxy) is 1. The molecule has 2 aromatic carbocycles. The minimum absolute atomic E-state index is 0.378. The van der Waals surface area contributed by atoms with E-state index in [0.29, 0.717) is 10.7 Å². The van der Waals surface area contributed by atoms with Crippen molar-refractivity contribution in [3.05, 3.63) is 52.6 Å². The summed E-state index contributed by atoms with van der Waals surface area (Å²) in [5.41, 5.74) is 4.28. The lowest BCUT2D eigenvalue weighted by Gasteiger charge is -2.38. The molecule has 0 saturated heterocycles. The van der Waals surface area contributed by atoms with Gasteiger partial charge in [-0.15, -0.1) is 0 Å². The summed E-state index contributed by atoms with van der Waals surface area (Å²) in [5, 5.41) is 13.6. The van der Waals surface area contributed by atoms with E-state index in [1.165, 1.54) is 0 Å². The number of aromatic hydroxyl groups is 1. The maximum absolute atomic E-state index is 10.3. The number of phenols is 1. The fourth-order valence-corrected chi connectivity index (χ4v) is 3.45. The molecule has 126 valence electrons. The number of nitrogens with one attached hydrogen (secondary N) is 1. The van der Waals surface area contributed by atoms with Crippen LogP contribution in [-0.2, 0) is 6.42 Å². The highest BCUT2D eigenvalue weighted by molar-refractivity contribution is 7.80. The monoisotopic (exact) mass is 341 g/mol. The largest absolute Gasteiger partial charge is 0.507 e. The van der Waals surface area contributed by atoms with E-state index in [9.17, 15) is 5.11 Å². The zero-order chi connectivity index (χ0) is 17.5. The van der Waals surface area contributed by atoms with Gasteiger partial charge in [0.1, 0.15) is 16.5 Å². The van der Waals surface area contributed by atoms with Gasteiger partial charge in [0.25, 0.3) is 0 Å². The number of hydrogen-bond acceptors (Lipinski definition) is 3. The summed E-state index contributed by atoms with van der Waals surface area (Å²) >= 11 is 5.65. The summed E-state index contributed by atoms with van der Waals surface area (Å²) in [5.74, 6) is 1.25. The molecule has 0 radical (unpaired) electrons. The standard InChI is InChI=1S/C20H23NO2S/c1-12-13(2)18-16(14(3)17(12)22)10-11-20(4,23-18)19(24)21-15-8-6-5-7-9-15/h5-9,22H,10-11H2,1-4H3,(H,21,24). The quantitative estimate of drug-likeness (QED) is 0.767. The van der Waals surface area contributed by atoms with Crippen LogP contribution in [0.15, 0.2) is 30.3 Å². The van der Waals surface area contributed by atoms with Crippen molar-refractivity contribution in [2.75, 3.05) is 5.32 Å². The van der Waals surface area contributed by atoms with Crippen molar-refractivity contribution in [1.29, 1.82) is 0 Å². The molecule has 1 aliphatic rings. The second-order valence-corrected chi connectivity index (χ2v) is 7.09. The van der Waals surface area contributed by atoms with Gasteiger partial charge in [0.15, 0.2) is 5.60 Å². The maximum atomic E-state index is 10.3. The van der Waals surface area contributed by atoms with E-state index < -0.39 is 5.60 Å². The number of hydrogen-bond donors (Lipinski definition) is 2. The summed E-state index contributed by atoms with van der Waals surface area (Å²) in [6.07, 6.45) is 1.62. The molecule has 3 nitrogen and oxygen atoms in total. The highest BCUT2D eigenvalue weighted by atomic mass is 32.1. The Morgan fingerprint density at radius 3 is 2.46 bits per heavy atom. The van der Waals surface area contributed by atoms with Crippen LogP contribution in [0.5, 0.6) is 11.5 Å². The van der Waals surface area contributed by atoms with Gasteiger partial charge in [0.2, 0.25) is 0 Å². The van der Waals surface area contributed by atoms with Crippen molar-refractivity contribution in [1.82, 2.24) is 0 Å². The molecule has 24 heavy (non-hydrogen) atoms. The number of thiocarbonyl (C=S) groups is 1. The van der Waals surface area contributed by atoms with Gasteiger partial charge in [0.05, 0.1) is 0 Å². The van der Waals surface area contributed by atoms with Crippen molar-refractivity contribution < 1.29 is 9.84 Å². The first-order valence-electron chi connectivity index (χ1n) is 8.20. The molecule has 0 aliphatic carbocycles. The molecule has 0 spiro atoms. The van der Waals surface area contributed by atoms with Gasteiger partial charge in [-0.2, -0.15) is 0 Å². The number of rotatable bonds is 2. The first-order chi connectivity index (χ1) is 11.3. The first-order valence-corrected chi connectivity index (χ1v) is 8.61. The van der Waals surface area contributed by atoms with Gasteiger partial charge >= 0.3 is 0 Å². The van der Waals surface area contributed by atoms with Crippen LogP contribution in [0.3, 0.4) is 0 Å². The molecule has 0 fully saturated rings. The Hall–Kier alpha value is -2.07. The Kier molecular flexibility index (Phi) is 4.26. The SMILES string of the molecule is Cc1c(C)c2c(c(C)c1O)CCC(C)(C(=S)Nc1ccccc1)O2. The molecule has 3 rings (SSSR count). The van der Waals surface area contributed by atoms with Gasteiger partial charge in [-0.25, -0.2) is 0 Å². The Bertz CT molecular complexity index is 801. The molecule has 0 amide bonds. The van der Waals surface area contributed by atoms with Crippen LogP contribution in [0, 0.1) is 20.8 Å². The Morgan fingerprint density at radius 1 is 1.12 bits per heavy atom. The lowest BCUT2D eigenvalue weighted by atomic mass is 9.87. The van der Waals surface area contributed by atoms with Gasteiger partial charge in [-0.1, -0.05) is 30.4 Å². The molecule has 1 atom stereocenters. The van der Waals surface area contributed by atoms with E-state index in [0.717, 1.165) is 46.5 Å². The number of benzene rings is 2. The van der Waals surface area contributed by atoms with Crippen LogP contribution >= 0.6 is 12.2 Å². The Morgan fingerprint density at radius 2 is 1.79 bits per heavy atom. The summed E-state index contributed by atoms with van der Waals surface area (Å²) in [7, 11) is 0. The fourth-order valence-electron chi connectivity index (χ4n) is 3.19. The molecule has 0 saturated carbocycles. The Labute approximate surface area is 148 Å². The average Bonchev–Trinajstić information content (AvgIpc) is 2.59. The highest BCUT2D eigenvalue weighted by Crippen LogP contribution is 2.43. The fraction of sp³-hybridized carbons (Fsp3) is 0.350. The summed E-state index contributed by atoms with van der Waals surface area (Å²) in [6, 6.07) is 9.91. The van der Waals surface area contributed by atoms with Crippen LogP contribution in [0.1, 0.15) is 35.6 Å². The summed E-state index contributed by atoms with van der Waals surface area (Å²) in [6.45, 7) is 7.90. The lowest BCUT2D eigenvalue weighted by Crippen LogP contribution is -2.47. The van der Waals surface area contributed by atoms with Crippen molar-refractivity contribution in [2.24, 2.45) is 0 Å². The minimum atomic E-state index is -0.557. The topological polar surface area (TPSA) is 41.5 Å². The molecule has 1 heterocycles. The predicted molar refractivity (Wildman–Crippen MR) is 102 cm³/mol. The smallest absolute Gasteiger partial charge is 0.156 e. The summed E-state index contributed by atoms with van der Waals surface area (Å²) < 4.78 is 6.39. The first kappa shape index (κ1) is 16.8. The molecule has 2 aromatic rings. The van der Waals surface area contributed by atoms with Crippen LogP contribution in [0.25, 0.3) is 0 Å². The second-order valence-electron chi connectivity index (χ2n) is 6.68. The molecule has 1 aliphatic heterocycles. The van der Waals surface area contributed by atoms with Crippen molar-refractivity contribution >= 4 is 22.9 Å². The van der Waals surface area contributed by atoms with Gasteiger partial charge < -0.3 is 15.2 Å². The number of fused-ring (bicyclic) bond motifs is 1. The van der Waals surface area contributed by atoms with Crippen LogP contribution in [-0.4, -0.2) is 15.7 Å². The van der Waals surface area contributed by atoms with Crippen LogP contribution < -0.4 is 10.1 Å². The molecule has 0 bridgehead atoms. The third kappa shape index (κ3) is 2.75. The van der Waals surface area contributed by atoms with Crippen molar-refractivity contribution in [3.63, 3.8) is 0 Å². The van der Waals surface area contributed by atoms with Gasteiger partial charge in [0, 0.05) is 11.3 Å². The van der Waals surface area contributed by atoms with E-state index in [-0.39, 0.29) is 0 Å². The summed E-state index contributed by atoms with van der Waals surface area (Å²) in [4.78, 5) is 0.683. The number of phenolic OH excluding ortho intramolecular Hbond substituents is 1. The zero-order valence-electron chi connectivity index (χ0n) is 14.6. The zero-order valence-corrected chi connectivity index (χ0v) is 15.4. The maximum Gasteiger partial charge on any atom is 0.156 e. The van der Waals surface area contributed by atoms with Crippen molar-refractivity contribution in [3.8, 4) is 11.5 Å². The van der Waals surface area contributed by atoms with E-state index in [1.807, 2.05) is 58.0 Å². The van der Waals surface area contributed by atoms with E-state index in [4.69, 9.17) is 17.0 Å². The molecule has 2 N–H and O–H groups in total. The number of para-hydroxylation sites is 1.